The fourth-order valence-electron chi connectivity index (χ4n) is 3.18. The van der Waals surface area contributed by atoms with Crippen LogP contribution in [0.4, 0.5) is 0 Å². The van der Waals surface area contributed by atoms with Gasteiger partial charge < -0.3 is 10.2 Å². The first-order valence-corrected chi connectivity index (χ1v) is 8.57. The van der Waals surface area contributed by atoms with Crippen molar-refractivity contribution in [2.45, 2.75) is 0 Å². The van der Waals surface area contributed by atoms with E-state index in [2.05, 4.69) is 11.8 Å². The molecule has 134 valence electrons. The Balaban J connectivity index is 1.90. The second-order valence-electron chi connectivity index (χ2n) is 6.35. The molecule has 0 spiro atoms. The molecule has 0 unspecified atom stereocenters. The number of rotatable bonds is 2. The Hall–Kier alpha value is -4.10. The lowest BCUT2D eigenvalue weighted by Crippen LogP contribution is -2.01. The molecule has 0 heterocycles. The van der Waals surface area contributed by atoms with Crippen LogP contribution in [0.2, 0.25) is 0 Å². The average Bonchev–Trinajstić information content (AvgIpc) is 2.70. The van der Waals surface area contributed by atoms with Crippen LogP contribution in [0.1, 0.15) is 31.8 Å². The lowest BCUT2D eigenvalue weighted by atomic mass is 9.98. The zero-order chi connectivity index (χ0) is 19.7. The highest BCUT2D eigenvalue weighted by molar-refractivity contribution is 6.00. The van der Waals surface area contributed by atoms with Gasteiger partial charge in [-0.2, -0.15) is 0 Å². The molecule has 0 fully saturated rings. The Morgan fingerprint density at radius 2 is 1.39 bits per heavy atom. The van der Waals surface area contributed by atoms with Gasteiger partial charge in [-0.15, -0.1) is 0 Å². The maximum Gasteiger partial charge on any atom is 0.336 e. The summed E-state index contributed by atoms with van der Waals surface area (Å²) in [5, 5.41) is 22.1. The Morgan fingerprint density at radius 3 is 2.18 bits per heavy atom. The summed E-state index contributed by atoms with van der Waals surface area (Å²) in [6.07, 6.45) is 0. The van der Waals surface area contributed by atoms with Gasteiger partial charge in [0, 0.05) is 11.1 Å². The van der Waals surface area contributed by atoms with E-state index in [0.717, 1.165) is 16.3 Å². The van der Waals surface area contributed by atoms with Crippen molar-refractivity contribution in [3.63, 3.8) is 0 Å². The molecule has 28 heavy (non-hydrogen) atoms. The highest BCUT2D eigenvalue weighted by atomic mass is 16.4. The van der Waals surface area contributed by atoms with Crippen LogP contribution in [0.3, 0.4) is 0 Å². The van der Waals surface area contributed by atoms with Gasteiger partial charge in [0.2, 0.25) is 0 Å². The quantitative estimate of drug-likeness (QED) is 0.500. The second kappa shape index (κ2) is 6.90. The molecule has 2 N–H and O–H groups in total. The minimum Gasteiger partial charge on any atom is -0.478 e. The lowest BCUT2D eigenvalue weighted by molar-refractivity contribution is 0.0685. The van der Waals surface area contributed by atoms with Crippen molar-refractivity contribution in [3.8, 4) is 11.8 Å². The predicted octanol–water partition coefficient (Wildman–Crippen LogP) is 4.79. The Kier molecular flexibility index (Phi) is 4.27. The van der Waals surface area contributed by atoms with Gasteiger partial charge in [0.25, 0.3) is 0 Å². The minimum absolute atomic E-state index is 0.0864. The van der Waals surface area contributed by atoms with Gasteiger partial charge in [-0.25, -0.2) is 9.59 Å². The van der Waals surface area contributed by atoms with E-state index in [1.165, 1.54) is 18.2 Å². The van der Waals surface area contributed by atoms with Crippen molar-refractivity contribution in [1.82, 2.24) is 0 Å². The third-order valence-electron chi connectivity index (χ3n) is 4.58. The van der Waals surface area contributed by atoms with Crippen molar-refractivity contribution in [2.75, 3.05) is 0 Å². The van der Waals surface area contributed by atoms with Crippen LogP contribution < -0.4 is 0 Å². The predicted molar refractivity (Wildman–Crippen MR) is 108 cm³/mol. The monoisotopic (exact) mass is 366 g/mol. The van der Waals surface area contributed by atoms with Gasteiger partial charge >= 0.3 is 11.9 Å². The number of hydrogen-bond acceptors (Lipinski definition) is 2. The first kappa shape index (κ1) is 17.3. The molecule has 0 atom stereocenters. The van der Waals surface area contributed by atoms with E-state index >= 15 is 0 Å². The summed E-state index contributed by atoms with van der Waals surface area (Å²) in [5.74, 6) is 3.93. The number of carboxylic acid groups (broad SMARTS) is 2. The zero-order valence-electron chi connectivity index (χ0n) is 14.6. The standard InChI is InChI=1S/C24H14O4/c25-23(26)19-11-9-17-14-22(24(27)28)18(12-20(17)13-19)10-8-16-6-3-5-15-4-1-2-7-21(15)16/h1-7,9,11-14H,(H,25,26)(H,27,28). The van der Waals surface area contributed by atoms with Crippen LogP contribution in [0, 0.1) is 11.8 Å². The highest BCUT2D eigenvalue weighted by Gasteiger charge is 2.12. The Labute approximate surface area is 160 Å². The largest absolute Gasteiger partial charge is 0.478 e. The molecule has 0 saturated carbocycles. The molecule has 0 saturated heterocycles. The smallest absolute Gasteiger partial charge is 0.336 e. The van der Waals surface area contributed by atoms with Gasteiger partial charge in [-0.3, -0.25) is 0 Å². The normalized spacial score (nSPS) is 10.4. The summed E-state index contributed by atoms with van der Waals surface area (Å²) < 4.78 is 0. The molecule has 0 radical (unpaired) electrons. The molecule has 0 aliphatic rings. The first-order chi connectivity index (χ1) is 13.5. The maximum absolute atomic E-state index is 11.7. The Bertz CT molecular complexity index is 1320. The van der Waals surface area contributed by atoms with Gasteiger partial charge in [0.1, 0.15) is 0 Å². The average molecular weight is 366 g/mol. The van der Waals surface area contributed by atoms with Crippen LogP contribution in [0.5, 0.6) is 0 Å². The van der Waals surface area contributed by atoms with E-state index in [0.29, 0.717) is 16.3 Å². The van der Waals surface area contributed by atoms with Crippen LogP contribution in [0.15, 0.2) is 72.8 Å². The van der Waals surface area contributed by atoms with Gasteiger partial charge in [0.05, 0.1) is 11.1 Å². The molecular weight excluding hydrogens is 352 g/mol. The molecule has 0 aromatic heterocycles. The minimum atomic E-state index is -1.08. The zero-order valence-corrected chi connectivity index (χ0v) is 14.6. The van der Waals surface area contributed by atoms with Crippen molar-refractivity contribution in [3.05, 3.63) is 95.1 Å². The number of carbonyl (C=O) groups is 2. The third kappa shape index (κ3) is 3.17. The van der Waals surface area contributed by atoms with Crippen LogP contribution in [0.25, 0.3) is 21.5 Å². The third-order valence-corrected chi connectivity index (χ3v) is 4.58. The number of hydrogen-bond donors (Lipinski definition) is 2. The fraction of sp³-hybridized carbons (Fsp3) is 0. The highest BCUT2D eigenvalue weighted by Crippen LogP contribution is 2.22. The summed E-state index contributed by atoms with van der Waals surface area (Å²) >= 11 is 0. The molecular formula is C24H14O4. The molecule has 4 aromatic carbocycles. The fourth-order valence-corrected chi connectivity index (χ4v) is 3.18. The SMILES string of the molecule is O=C(O)c1ccc2cc(C(=O)O)c(C#Cc3cccc4ccccc34)cc2c1. The summed E-state index contributed by atoms with van der Waals surface area (Å²) in [6.45, 7) is 0. The Morgan fingerprint density at radius 1 is 0.643 bits per heavy atom. The molecule has 0 aliphatic heterocycles. The van der Waals surface area contributed by atoms with Gasteiger partial charge in [0.15, 0.2) is 0 Å². The van der Waals surface area contributed by atoms with Gasteiger partial charge in [-0.1, -0.05) is 54.3 Å². The van der Waals surface area contributed by atoms with Crippen LogP contribution in [-0.4, -0.2) is 22.2 Å². The lowest BCUT2D eigenvalue weighted by Gasteiger charge is -2.05. The molecule has 4 heteroatoms. The van der Waals surface area contributed by atoms with Crippen molar-refractivity contribution >= 4 is 33.5 Å². The van der Waals surface area contributed by atoms with Crippen molar-refractivity contribution in [1.29, 1.82) is 0 Å². The van der Waals surface area contributed by atoms with Crippen LogP contribution >= 0.6 is 0 Å². The second-order valence-corrected chi connectivity index (χ2v) is 6.35. The van der Waals surface area contributed by atoms with Crippen LogP contribution in [-0.2, 0) is 0 Å². The summed E-state index contributed by atoms with van der Waals surface area (Å²) in [5.41, 5.74) is 1.37. The molecule has 4 nitrogen and oxygen atoms in total. The maximum atomic E-state index is 11.7. The number of fused-ring (bicyclic) bond motifs is 2. The van der Waals surface area contributed by atoms with E-state index in [4.69, 9.17) is 0 Å². The molecule has 0 amide bonds. The first-order valence-electron chi connectivity index (χ1n) is 8.57. The van der Waals surface area contributed by atoms with Crippen molar-refractivity contribution in [2.24, 2.45) is 0 Å². The van der Waals surface area contributed by atoms with E-state index in [-0.39, 0.29) is 11.1 Å². The topological polar surface area (TPSA) is 74.6 Å². The van der Waals surface area contributed by atoms with Gasteiger partial charge in [-0.05, 0) is 51.9 Å². The molecule has 0 aliphatic carbocycles. The summed E-state index contributed by atoms with van der Waals surface area (Å²) in [4.78, 5) is 22.9. The molecule has 0 bridgehead atoms. The number of carboxylic acids is 2. The van der Waals surface area contributed by atoms with E-state index in [9.17, 15) is 19.8 Å². The van der Waals surface area contributed by atoms with E-state index in [1.807, 2.05) is 42.5 Å². The van der Waals surface area contributed by atoms with Crippen molar-refractivity contribution < 1.29 is 19.8 Å². The van der Waals surface area contributed by atoms with E-state index < -0.39 is 11.9 Å². The van der Waals surface area contributed by atoms with E-state index in [1.54, 1.807) is 12.1 Å². The number of aromatic carboxylic acids is 2. The molecule has 4 aromatic rings. The number of benzene rings is 4. The summed E-state index contributed by atoms with van der Waals surface area (Å²) in [6, 6.07) is 21.4. The summed E-state index contributed by atoms with van der Waals surface area (Å²) in [7, 11) is 0. The molecule has 4 rings (SSSR count).